The van der Waals surface area contributed by atoms with Crippen LogP contribution in [-0.4, -0.2) is 21.7 Å². The van der Waals surface area contributed by atoms with Gasteiger partial charge in [0.15, 0.2) is 0 Å². The van der Waals surface area contributed by atoms with Crippen LogP contribution in [0, 0.1) is 6.92 Å². The molecule has 20 heavy (non-hydrogen) atoms. The van der Waals surface area contributed by atoms with Crippen molar-refractivity contribution in [3.63, 3.8) is 0 Å². The average Bonchev–Trinajstić information content (AvgIpc) is 2.34. The van der Waals surface area contributed by atoms with Crippen molar-refractivity contribution in [2.24, 2.45) is 0 Å². The van der Waals surface area contributed by atoms with Crippen molar-refractivity contribution in [3.05, 3.63) is 35.8 Å². The fourth-order valence-corrected chi connectivity index (χ4v) is 1.83. The van der Waals surface area contributed by atoms with Crippen molar-refractivity contribution in [2.75, 3.05) is 0 Å². The van der Waals surface area contributed by atoms with E-state index in [2.05, 4.69) is 15.3 Å². The zero-order valence-corrected chi connectivity index (χ0v) is 12.2. The Kier molecular flexibility index (Phi) is 3.88. The summed E-state index contributed by atoms with van der Waals surface area (Å²) < 4.78 is 5.21. The van der Waals surface area contributed by atoms with Crippen LogP contribution in [0.5, 0.6) is 0 Å². The summed E-state index contributed by atoms with van der Waals surface area (Å²) in [6.45, 7) is 7.73. The predicted octanol–water partition coefficient (Wildman–Crippen LogP) is 2.96. The molecule has 1 aromatic carbocycles. The second-order valence-electron chi connectivity index (χ2n) is 5.63. The van der Waals surface area contributed by atoms with Gasteiger partial charge in [-0.25, -0.2) is 14.8 Å². The molecule has 5 heteroatoms. The number of ether oxygens (including phenoxy) is 1. The Bertz CT molecular complexity index is 633. The van der Waals surface area contributed by atoms with E-state index in [0.717, 1.165) is 16.5 Å². The Labute approximate surface area is 118 Å². The van der Waals surface area contributed by atoms with Crippen molar-refractivity contribution < 1.29 is 9.53 Å². The SMILES string of the molecule is Cc1ncc2cccc(CNC(=O)OC(C)(C)C)c2n1. The molecule has 0 aliphatic heterocycles. The quantitative estimate of drug-likeness (QED) is 0.913. The lowest BCUT2D eigenvalue weighted by Crippen LogP contribution is -2.32. The Morgan fingerprint density at radius 2 is 2.10 bits per heavy atom. The van der Waals surface area contributed by atoms with E-state index in [-0.39, 0.29) is 0 Å². The van der Waals surface area contributed by atoms with Gasteiger partial charge in [0.2, 0.25) is 0 Å². The fourth-order valence-electron chi connectivity index (χ4n) is 1.83. The monoisotopic (exact) mass is 273 g/mol. The molecule has 0 saturated heterocycles. The molecule has 5 nitrogen and oxygen atoms in total. The van der Waals surface area contributed by atoms with E-state index in [0.29, 0.717) is 12.4 Å². The number of fused-ring (bicyclic) bond motifs is 1. The summed E-state index contributed by atoms with van der Waals surface area (Å²) >= 11 is 0. The number of benzene rings is 1. The normalized spacial score (nSPS) is 11.4. The van der Waals surface area contributed by atoms with E-state index < -0.39 is 11.7 Å². The van der Waals surface area contributed by atoms with Crippen molar-refractivity contribution in [2.45, 2.75) is 39.8 Å². The van der Waals surface area contributed by atoms with Gasteiger partial charge in [0.1, 0.15) is 11.4 Å². The van der Waals surface area contributed by atoms with Gasteiger partial charge in [-0.15, -0.1) is 0 Å². The van der Waals surface area contributed by atoms with Crippen molar-refractivity contribution >= 4 is 17.0 Å². The highest BCUT2D eigenvalue weighted by Crippen LogP contribution is 2.16. The molecule has 0 saturated carbocycles. The van der Waals surface area contributed by atoms with E-state index in [4.69, 9.17) is 4.74 Å². The van der Waals surface area contributed by atoms with Crippen molar-refractivity contribution in [3.8, 4) is 0 Å². The molecule has 106 valence electrons. The molecule has 0 unspecified atom stereocenters. The molecule has 1 heterocycles. The minimum Gasteiger partial charge on any atom is -0.444 e. The Hall–Kier alpha value is -2.17. The van der Waals surface area contributed by atoms with E-state index in [1.54, 1.807) is 6.20 Å². The minimum absolute atomic E-state index is 0.378. The number of para-hydroxylation sites is 1. The molecule has 0 spiro atoms. The number of carbonyl (C=O) groups excluding carboxylic acids is 1. The lowest BCUT2D eigenvalue weighted by molar-refractivity contribution is 0.0524. The minimum atomic E-state index is -0.498. The summed E-state index contributed by atoms with van der Waals surface area (Å²) in [5, 5.41) is 3.70. The van der Waals surface area contributed by atoms with Crippen LogP contribution in [0.25, 0.3) is 10.9 Å². The number of amides is 1. The maximum atomic E-state index is 11.7. The van der Waals surface area contributed by atoms with E-state index >= 15 is 0 Å². The zero-order chi connectivity index (χ0) is 14.8. The molecule has 2 aromatic rings. The number of hydrogen-bond donors (Lipinski definition) is 1. The molecular formula is C15H19N3O2. The number of alkyl carbamates (subject to hydrolysis) is 1. The molecular weight excluding hydrogens is 254 g/mol. The first-order valence-corrected chi connectivity index (χ1v) is 6.53. The van der Waals surface area contributed by atoms with Gasteiger partial charge in [0.25, 0.3) is 0 Å². The van der Waals surface area contributed by atoms with Crippen LogP contribution in [-0.2, 0) is 11.3 Å². The summed E-state index contributed by atoms with van der Waals surface area (Å²) in [7, 11) is 0. The molecule has 0 radical (unpaired) electrons. The molecule has 0 aliphatic carbocycles. The van der Waals surface area contributed by atoms with Crippen LogP contribution < -0.4 is 5.32 Å². The predicted molar refractivity (Wildman–Crippen MR) is 77.3 cm³/mol. The highest BCUT2D eigenvalue weighted by molar-refractivity contribution is 5.81. The smallest absolute Gasteiger partial charge is 0.407 e. The topological polar surface area (TPSA) is 64.1 Å². The van der Waals surface area contributed by atoms with E-state index in [1.165, 1.54) is 0 Å². The summed E-state index contributed by atoms with van der Waals surface area (Å²) in [5.74, 6) is 0.710. The zero-order valence-electron chi connectivity index (χ0n) is 12.2. The Balaban J connectivity index is 2.14. The summed E-state index contributed by atoms with van der Waals surface area (Å²) in [6.07, 6.45) is 1.36. The maximum absolute atomic E-state index is 11.7. The second kappa shape index (κ2) is 5.45. The number of nitrogens with zero attached hydrogens (tertiary/aromatic N) is 2. The fraction of sp³-hybridized carbons (Fsp3) is 0.400. The number of aromatic nitrogens is 2. The van der Waals surface area contributed by atoms with Gasteiger partial charge < -0.3 is 10.1 Å². The molecule has 1 aromatic heterocycles. The lowest BCUT2D eigenvalue weighted by Gasteiger charge is -2.19. The number of rotatable bonds is 2. The highest BCUT2D eigenvalue weighted by Gasteiger charge is 2.16. The van der Waals surface area contributed by atoms with Crippen LogP contribution in [0.3, 0.4) is 0 Å². The van der Waals surface area contributed by atoms with Crippen LogP contribution >= 0.6 is 0 Å². The van der Waals surface area contributed by atoms with Gasteiger partial charge in [-0.1, -0.05) is 18.2 Å². The first kappa shape index (κ1) is 14.2. The van der Waals surface area contributed by atoms with Crippen LogP contribution in [0.2, 0.25) is 0 Å². The highest BCUT2D eigenvalue weighted by atomic mass is 16.6. The van der Waals surface area contributed by atoms with Gasteiger partial charge in [0.05, 0.1) is 5.52 Å². The third kappa shape index (κ3) is 3.66. The lowest BCUT2D eigenvalue weighted by atomic mass is 10.1. The third-order valence-electron chi connectivity index (χ3n) is 2.64. The number of aryl methyl sites for hydroxylation is 1. The van der Waals surface area contributed by atoms with Gasteiger partial charge >= 0.3 is 6.09 Å². The van der Waals surface area contributed by atoms with E-state index in [9.17, 15) is 4.79 Å². The Morgan fingerprint density at radius 1 is 1.35 bits per heavy atom. The first-order chi connectivity index (χ1) is 9.35. The number of nitrogens with one attached hydrogen (secondary N) is 1. The van der Waals surface area contributed by atoms with Gasteiger partial charge in [-0.3, -0.25) is 0 Å². The molecule has 1 N–H and O–H groups in total. The van der Waals surface area contributed by atoms with Gasteiger partial charge in [0, 0.05) is 18.1 Å². The largest absolute Gasteiger partial charge is 0.444 e. The summed E-state index contributed by atoms with van der Waals surface area (Å²) in [6, 6.07) is 5.81. The van der Waals surface area contributed by atoms with Gasteiger partial charge in [-0.2, -0.15) is 0 Å². The summed E-state index contributed by atoms with van der Waals surface area (Å²) in [5.41, 5.74) is 1.30. The van der Waals surface area contributed by atoms with Crippen molar-refractivity contribution in [1.82, 2.24) is 15.3 Å². The molecule has 2 rings (SSSR count). The van der Waals surface area contributed by atoms with Crippen LogP contribution in [0.15, 0.2) is 24.4 Å². The summed E-state index contributed by atoms with van der Waals surface area (Å²) in [4.78, 5) is 20.3. The first-order valence-electron chi connectivity index (χ1n) is 6.53. The molecule has 0 fully saturated rings. The maximum Gasteiger partial charge on any atom is 0.407 e. The van der Waals surface area contributed by atoms with Crippen LogP contribution in [0.4, 0.5) is 4.79 Å². The second-order valence-corrected chi connectivity index (χ2v) is 5.63. The standard InChI is InChI=1S/C15H19N3O2/c1-10-16-8-11-6-5-7-12(13(11)18-10)9-17-14(19)20-15(2,3)4/h5-8H,9H2,1-4H3,(H,17,19). The van der Waals surface area contributed by atoms with Gasteiger partial charge in [-0.05, 0) is 33.3 Å². The number of hydrogen-bond acceptors (Lipinski definition) is 4. The van der Waals surface area contributed by atoms with E-state index in [1.807, 2.05) is 45.9 Å². The molecule has 0 atom stereocenters. The molecule has 0 aliphatic rings. The Morgan fingerprint density at radius 3 is 2.80 bits per heavy atom. The van der Waals surface area contributed by atoms with Crippen LogP contribution in [0.1, 0.15) is 32.2 Å². The molecule has 0 bridgehead atoms. The number of carbonyl (C=O) groups is 1. The molecule has 1 amide bonds. The third-order valence-corrected chi connectivity index (χ3v) is 2.64. The average molecular weight is 273 g/mol. The van der Waals surface area contributed by atoms with Crippen molar-refractivity contribution in [1.29, 1.82) is 0 Å².